The summed E-state index contributed by atoms with van der Waals surface area (Å²) in [5.74, 6) is -6.42. The van der Waals surface area contributed by atoms with Crippen molar-refractivity contribution in [1.29, 1.82) is 0 Å². The number of hydrogen-bond donors (Lipinski definition) is 10. The van der Waals surface area contributed by atoms with E-state index in [0.717, 1.165) is 0 Å². The van der Waals surface area contributed by atoms with E-state index in [9.17, 15) is 33.6 Å². The van der Waals surface area contributed by atoms with E-state index >= 15 is 0 Å². The molecule has 5 amide bonds. The summed E-state index contributed by atoms with van der Waals surface area (Å²) in [7, 11) is 0. The summed E-state index contributed by atoms with van der Waals surface area (Å²) >= 11 is 4.07. The lowest BCUT2D eigenvalue weighted by Gasteiger charge is -2.25. The highest BCUT2D eigenvalue weighted by molar-refractivity contribution is 7.80. The van der Waals surface area contributed by atoms with Gasteiger partial charge in [-0.3, -0.25) is 33.6 Å². The van der Waals surface area contributed by atoms with E-state index in [2.05, 4.69) is 39.2 Å². The van der Waals surface area contributed by atoms with Gasteiger partial charge in [0.2, 0.25) is 29.5 Å². The lowest BCUT2D eigenvalue weighted by atomic mass is 10.0. The molecule has 16 nitrogen and oxygen atoms in total. The lowest BCUT2D eigenvalue weighted by Crippen LogP contribution is -2.59. The van der Waals surface area contributed by atoms with Crippen LogP contribution in [0, 0.1) is 5.92 Å². The maximum absolute atomic E-state index is 13.0. The Bertz CT molecular complexity index is 983. The van der Waals surface area contributed by atoms with E-state index in [-0.39, 0.29) is 24.5 Å². The molecule has 0 radical (unpaired) electrons. The number of carboxylic acid groups (broad SMARTS) is 2. The minimum Gasteiger partial charge on any atom is -0.481 e. The monoisotopic (exact) mass is 633 g/mol. The third kappa shape index (κ3) is 16.1. The third-order valence-corrected chi connectivity index (χ3v) is 6.58. The number of nitrogens with one attached hydrogen (secondary N) is 5. The second kappa shape index (κ2) is 20.5. The number of aliphatic carboxylic acids is 2. The number of carbonyl (C=O) groups is 7. The molecular weight excluding hydrogens is 586 g/mol. The van der Waals surface area contributed by atoms with Crippen LogP contribution in [0.1, 0.15) is 66.2 Å². The molecule has 0 fully saturated rings. The van der Waals surface area contributed by atoms with Crippen molar-refractivity contribution in [2.75, 3.05) is 12.3 Å². The van der Waals surface area contributed by atoms with Crippen LogP contribution in [0.3, 0.4) is 0 Å². The van der Waals surface area contributed by atoms with Crippen molar-refractivity contribution < 1.29 is 43.8 Å². The van der Waals surface area contributed by atoms with Crippen molar-refractivity contribution in [2.24, 2.45) is 17.4 Å². The molecule has 0 aliphatic heterocycles. The Morgan fingerprint density at radius 1 is 0.674 bits per heavy atom. The lowest BCUT2D eigenvalue weighted by molar-refractivity contribution is -0.142. The molecule has 0 aliphatic carbocycles. The molecule has 0 aliphatic rings. The Morgan fingerprint density at radius 2 is 1.16 bits per heavy atom. The Balaban J connectivity index is 5.44. The van der Waals surface area contributed by atoms with Crippen LogP contribution >= 0.6 is 12.6 Å². The zero-order valence-electron chi connectivity index (χ0n) is 25.1. The molecule has 0 saturated carbocycles. The molecule has 0 heterocycles. The average molecular weight is 634 g/mol. The minimum absolute atomic E-state index is 0.154. The summed E-state index contributed by atoms with van der Waals surface area (Å²) < 4.78 is 0. The van der Waals surface area contributed by atoms with Gasteiger partial charge >= 0.3 is 11.9 Å². The van der Waals surface area contributed by atoms with Crippen LogP contribution in [-0.4, -0.2) is 100 Å². The number of unbranched alkanes of at least 4 members (excludes halogenated alkanes) is 1. The number of rotatable bonds is 21. The topological polar surface area (TPSA) is 272 Å². The first-order valence-electron chi connectivity index (χ1n) is 14.1. The van der Waals surface area contributed by atoms with E-state index < -0.39 is 84.1 Å². The van der Waals surface area contributed by atoms with Gasteiger partial charge in [-0.1, -0.05) is 13.8 Å². The van der Waals surface area contributed by atoms with E-state index in [1.165, 1.54) is 13.8 Å². The van der Waals surface area contributed by atoms with Gasteiger partial charge in [0, 0.05) is 12.2 Å². The van der Waals surface area contributed by atoms with Crippen LogP contribution in [0.25, 0.3) is 0 Å². The van der Waals surface area contributed by atoms with Crippen molar-refractivity contribution in [2.45, 2.75) is 102 Å². The number of nitrogens with two attached hydrogens (primary N) is 2. The molecule has 17 heteroatoms. The smallest absolute Gasteiger partial charge is 0.325 e. The predicted octanol–water partition coefficient (Wildman–Crippen LogP) is -2.17. The van der Waals surface area contributed by atoms with E-state index in [1.54, 1.807) is 0 Å². The van der Waals surface area contributed by atoms with Gasteiger partial charge in [-0.05, 0) is 58.4 Å². The number of amides is 5. The van der Waals surface area contributed by atoms with Crippen molar-refractivity contribution in [3.05, 3.63) is 0 Å². The fraction of sp³-hybridized carbons (Fsp3) is 0.731. The van der Waals surface area contributed by atoms with Crippen LogP contribution in [0.15, 0.2) is 0 Å². The number of carboxylic acids is 2. The highest BCUT2D eigenvalue weighted by Gasteiger charge is 2.31. The number of hydrogen-bond acceptors (Lipinski definition) is 10. The minimum atomic E-state index is -1.42. The van der Waals surface area contributed by atoms with Crippen LogP contribution < -0.4 is 38.1 Å². The summed E-state index contributed by atoms with van der Waals surface area (Å²) in [5, 5.41) is 30.0. The second-order valence-electron chi connectivity index (χ2n) is 10.6. The summed E-state index contributed by atoms with van der Waals surface area (Å²) in [5.41, 5.74) is 11.5. The Hall–Kier alpha value is -3.44. The Labute approximate surface area is 256 Å². The van der Waals surface area contributed by atoms with Gasteiger partial charge in [0.15, 0.2) is 0 Å². The van der Waals surface area contributed by atoms with Gasteiger partial charge in [-0.25, -0.2) is 0 Å². The summed E-state index contributed by atoms with van der Waals surface area (Å²) in [6.45, 7) is 6.75. The van der Waals surface area contributed by atoms with Crippen molar-refractivity contribution >= 4 is 54.1 Å². The van der Waals surface area contributed by atoms with E-state index in [4.69, 9.17) is 21.7 Å². The molecule has 6 atom stereocenters. The molecule has 43 heavy (non-hydrogen) atoms. The molecular formula is C26H47N7O9S. The standard InChI is InChI=1S/C26H47N7O9S/c1-13(2)11-16(28)22(37)31-17(7-5-6-10-27)23(38)29-14(3)21(36)33-19(12-43)25(40)32-18(8-9-20(34)35)24(39)30-15(4)26(41)42/h13-19,43H,5-12,27-28H2,1-4H3,(H,29,38)(H,30,39)(H,31,37)(H,32,40)(H,33,36)(H,34,35)(H,41,42)/t14-,15-,16-,17-,18-,19-/m0/s1. The van der Waals surface area contributed by atoms with Crippen molar-refractivity contribution in [3.63, 3.8) is 0 Å². The molecule has 0 aromatic carbocycles. The molecule has 246 valence electrons. The molecule has 0 aromatic rings. The average Bonchev–Trinajstić information content (AvgIpc) is 2.92. The quantitative estimate of drug-likeness (QED) is 0.0480. The molecule has 0 spiro atoms. The normalized spacial score (nSPS) is 15.2. The first kappa shape index (κ1) is 39.6. The van der Waals surface area contributed by atoms with Gasteiger partial charge in [-0.15, -0.1) is 0 Å². The van der Waals surface area contributed by atoms with Gasteiger partial charge in [-0.2, -0.15) is 12.6 Å². The number of carbonyl (C=O) groups excluding carboxylic acids is 5. The Kier molecular flexibility index (Phi) is 18.8. The fourth-order valence-corrected chi connectivity index (χ4v) is 3.97. The van der Waals surface area contributed by atoms with Crippen LogP contribution in [0.5, 0.6) is 0 Å². The second-order valence-corrected chi connectivity index (χ2v) is 11.0. The Morgan fingerprint density at radius 3 is 1.65 bits per heavy atom. The zero-order chi connectivity index (χ0) is 33.3. The summed E-state index contributed by atoms with van der Waals surface area (Å²) in [6.07, 6.45) is 0.931. The molecule has 0 rings (SSSR count). The van der Waals surface area contributed by atoms with Crippen molar-refractivity contribution in [1.82, 2.24) is 26.6 Å². The maximum atomic E-state index is 13.0. The van der Waals surface area contributed by atoms with Gasteiger partial charge in [0.05, 0.1) is 6.04 Å². The van der Waals surface area contributed by atoms with E-state index in [0.29, 0.717) is 25.8 Å². The van der Waals surface area contributed by atoms with Gasteiger partial charge < -0.3 is 48.3 Å². The molecule has 0 unspecified atom stereocenters. The largest absolute Gasteiger partial charge is 0.481 e. The fourth-order valence-electron chi connectivity index (χ4n) is 3.71. The highest BCUT2D eigenvalue weighted by atomic mass is 32.1. The summed E-state index contributed by atoms with van der Waals surface area (Å²) in [4.78, 5) is 85.9. The van der Waals surface area contributed by atoms with Crippen LogP contribution in [-0.2, 0) is 33.6 Å². The van der Waals surface area contributed by atoms with Crippen molar-refractivity contribution in [3.8, 4) is 0 Å². The molecule has 0 aromatic heterocycles. The first-order valence-corrected chi connectivity index (χ1v) is 14.7. The zero-order valence-corrected chi connectivity index (χ0v) is 25.9. The van der Waals surface area contributed by atoms with Crippen LogP contribution in [0.2, 0.25) is 0 Å². The SMILES string of the molecule is CC(C)C[C@H](N)C(=O)N[C@@H](CCCCN)C(=O)N[C@@H](C)C(=O)N[C@@H](CS)C(=O)N[C@@H](CCC(=O)O)C(=O)N[C@@H](C)C(=O)O. The summed E-state index contributed by atoms with van der Waals surface area (Å²) in [6, 6.07) is -7.00. The molecule has 0 bridgehead atoms. The molecule has 11 N–H and O–H groups in total. The van der Waals surface area contributed by atoms with Gasteiger partial charge in [0.25, 0.3) is 0 Å². The van der Waals surface area contributed by atoms with Gasteiger partial charge in [0.1, 0.15) is 30.2 Å². The van der Waals surface area contributed by atoms with Crippen LogP contribution in [0.4, 0.5) is 0 Å². The third-order valence-electron chi connectivity index (χ3n) is 6.22. The number of thiol groups is 1. The van der Waals surface area contributed by atoms with E-state index in [1.807, 2.05) is 13.8 Å². The maximum Gasteiger partial charge on any atom is 0.325 e. The first-order chi connectivity index (χ1) is 20.0. The highest BCUT2D eigenvalue weighted by Crippen LogP contribution is 2.07. The predicted molar refractivity (Wildman–Crippen MR) is 160 cm³/mol. The molecule has 0 saturated heterocycles.